The summed E-state index contributed by atoms with van der Waals surface area (Å²) in [5.74, 6) is 0. The highest BCUT2D eigenvalue weighted by Crippen LogP contribution is 2.38. The molecule has 0 saturated heterocycles. The molecule has 0 amide bonds. The van der Waals surface area contributed by atoms with Crippen LogP contribution in [-0.4, -0.2) is 0 Å². The van der Waals surface area contributed by atoms with E-state index in [1.165, 1.54) is 32.1 Å². The van der Waals surface area contributed by atoms with Gasteiger partial charge in [-0.1, -0.05) is 146 Å². The fourth-order valence-electron chi connectivity index (χ4n) is 4.35. The second-order valence-corrected chi connectivity index (χ2v) is 12.6. The van der Waals surface area contributed by atoms with Gasteiger partial charge in [0.05, 0.1) is 0 Å². The number of rotatable bonds is 8. The summed E-state index contributed by atoms with van der Waals surface area (Å²) in [4.78, 5) is 0. The molecule has 0 aromatic heterocycles. The van der Waals surface area contributed by atoms with Crippen molar-refractivity contribution in [2.24, 2.45) is 0 Å². The van der Waals surface area contributed by atoms with E-state index in [9.17, 15) is 0 Å². The molecular formula is C32H29NP2. The Hall–Kier alpha value is -3.08. The molecule has 0 spiro atoms. The highest BCUT2D eigenvalue weighted by Gasteiger charge is 2.24. The van der Waals surface area contributed by atoms with E-state index in [0.29, 0.717) is 0 Å². The molecule has 1 atom stereocenters. The fourth-order valence-corrected chi connectivity index (χ4v) is 8.97. The first kappa shape index (κ1) is 23.7. The van der Waals surface area contributed by atoms with E-state index in [1.54, 1.807) is 0 Å². The summed E-state index contributed by atoms with van der Waals surface area (Å²) < 4.78 is 0. The largest absolute Gasteiger partial charge is 0.282 e. The molecular weight excluding hydrogens is 460 g/mol. The van der Waals surface area contributed by atoms with Gasteiger partial charge in [0.15, 0.2) is 0 Å². The van der Waals surface area contributed by atoms with Crippen molar-refractivity contribution in [3.05, 3.63) is 151 Å². The Morgan fingerprint density at radius 1 is 0.457 bits per heavy atom. The summed E-state index contributed by atoms with van der Waals surface area (Å²) in [5, 5.41) is 10.9. The van der Waals surface area contributed by atoms with Gasteiger partial charge >= 0.3 is 0 Å². The molecule has 5 aromatic rings. The third kappa shape index (κ3) is 5.61. The van der Waals surface area contributed by atoms with E-state index >= 15 is 0 Å². The molecule has 0 aliphatic carbocycles. The Labute approximate surface area is 211 Å². The van der Waals surface area contributed by atoms with Crippen LogP contribution in [0.4, 0.5) is 0 Å². The lowest BCUT2D eigenvalue weighted by atomic mass is 10.1. The van der Waals surface area contributed by atoms with E-state index < -0.39 is 16.0 Å². The lowest BCUT2D eigenvalue weighted by molar-refractivity contribution is 0.753. The molecule has 0 aliphatic heterocycles. The van der Waals surface area contributed by atoms with Crippen LogP contribution >= 0.6 is 16.0 Å². The zero-order valence-electron chi connectivity index (χ0n) is 19.8. The number of nitrogens with one attached hydrogen (secondary N) is 1. The average Bonchev–Trinajstić information content (AvgIpc) is 2.94. The van der Waals surface area contributed by atoms with Gasteiger partial charge in [-0.3, -0.25) is 5.09 Å². The molecule has 0 heterocycles. The summed E-state index contributed by atoms with van der Waals surface area (Å²) in [6.45, 7) is 2.31. The lowest BCUT2D eigenvalue weighted by Crippen LogP contribution is -2.30. The molecule has 1 N–H and O–H groups in total. The van der Waals surface area contributed by atoms with Gasteiger partial charge in [0.1, 0.15) is 0 Å². The minimum Gasteiger partial charge on any atom is -0.282 e. The van der Waals surface area contributed by atoms with Gasteiger partial charge in [0, 0.05) is 14.1 Å². The first-order valence-electron chi connectivity index (χ1n) is 12.0. The van der Waals surface area contributed by atoms with Gasteiger partial charge in [0.25, 0.3) is 0 Å². The Balaban J connectivity index is 1.56. The van der Waals surface area contributed by atoms with Crippen molar-refractivity contribution in [3.8, 4) is 0 Å². The number of hydrogen-bond donors (Lipinski definition) is 1. The van der Waals surface area contributed by atoms with Crippen molar-refractivity contribution in [2.45, 2.75) is 13.0 Å². The molecule has 35 heavy (non-hydrogen) atoms. The maximum atomic E-state index is 4.04. The molecule has 0 saturated carbocycles. The highest BCUT2D eigenvalue weighted by molar-refractivity contribution is 7.80. The van der Waals surface area contributed by atoms with Crippen LogP contribution in [0.15, 0.2) is 146 Å². The van der Waals surface area contributed by atoms with Crippen molar-refractivity contribution < 1.29 is 0 Å². The highest BCUT2D eigenvalue weighted by atomic mass is 31.1. The molecule has 0 unspecified atom stereocenters. The zero-order valence-corrected chi connectivity index (χ0v) is 21.6. The first-order valence-corrected chi connectivity index (χ1v) is 14.6. The molecule has 172 valence electrons. The quantitative estimate of drug-likeness (QED) is 0.258. The maximum Gasteiger partial charge on any atom is 0.0340 e. The monoisotopic (exact) mass is 489 g/mol. The normalized spacial score (nSPS) is 12.1. The van der Waals surface area contributed by atoms with Gasteiger partial charge in [-0.05, 0) is 46.9 Å². The van der Waals surface area contributed by atoms with E-state index in [-0.39, 0.29) is 6.04 Å². The Kier molecular flexibility index (Phi) is 7.82. The van der Waals surface area contributed by atoms with Gasteiger partial charge < -0.3 is 0 Å². The Morgan fingerprint density at radius 2 is 0.829 bits per heavy atom. The van der Waals surface area contributed by atoms with Crippen LogP contribution in [0.25, 0.3) is 0 Å². The third-order valence-corrected chi connectivity index (χ3v) is 10.8. The van der Waals surface area contributed by atoms with E-state index in [2.05, 4.69) is 158 Å². The second-order valence-electron chi connectivity index (χ2n) is 8.42. The average molecular weight is 490 g/mol. The molecule has 3 heteroatoms. The molecule has 0 bridgehead atoms. The predicted molar refractivity (Wildman–Crippen MR) is 156 cm³/mol. The molecule has 5 rings (SSSR count). The number of hydrogen-bond acceptors (Lipinski definition) is 1. The summed E-state index contributed by atoms with van der Waals surface area (Å²) in [7, 11) is -1.36. The van der Waals surface area contributed by atoms with Crippen molar-refractivity contribution in [1.29, 1.82) is 0 Å². The molecule has 0 fully saturated rings. The lowest BCUT2D eigenvalue weighted by Gasteiger charge is -2.28. The van der Waals surface area contributed by atoms with Crippen molar-refractivity contribution in [3.63, 3.8) is 0 Å². The first-order chi connectivity index (χ1) is 17.3. The van der Waals surface area contributed by atoms with Crippen LogP contribution in [0.5, 0.6) is 0 Å². The summed E-state index contributed by atoms with van der Waals surface area (Å²) in [5.41, 5.74) is 1.37. The van der Waals surface area contributed by atoms with Crippen molar-refractivity contribution in [1.82, 2.24) is 5.09 Å². The van der Waals surface area contributed by atoms with Gasteiger partial charge in [-0.15, -0.1) is 0 Å². The minimum atomic E-state index is -0.697. The van der Waals surface area contributed by atoms with Gasteiger partial charge in [-0.2, -0.15) is 0 Å². The summed E-state index contributed by atoms with van der Waals surface area (Å²) in [6.07, 6.45) is 0. The molecule has 5 aromatic carbocycles. The number of benzene rings is 5. The van der Waals surface area contributed by atoms with Crippen LogP contribution in [0.1, 0.15) is 18.5 Å². The third-order valence-electron chi connectivity index (χ3n) is 6.02. The van der Waals surface area contributed by atoms with Crippen LogP contribution < -0.4 is 31.6 Å². The molecule has 1 nitrogen and oxygen atoms in total. The van der Waals surface area contributed by atoms with Crippen LogP contribution in [0.3, 0.4) is 0 Å². The van der Waals surface area contributed by atoms with E-state index in [4.69, 9.17) is 0 Å². The standard InChI is InChI=1S/C32H29NP2/c1-26(33-35(29-20-10-4-11-21-29)30-22-12-5-13-23-30)31-24-14-15-25-32(31)34(27-16-6-2-7-17-27)28-18-8-3-9-19-28/h2-26,33H,1H3/t26-/m0/s1. The zero-order chi connectivity index (χ0) is 23.9. The predicted octanol–water partition coefficient (Wildman–Crippen LogP) is 6.14. The van der Waals surface area contributed by atoms with Crippen molar-refractivity contribution >= 4 is 42.5 Å². The fraction of sp³-hybridized carbons (Fsp3) is 0.0625. The topological polar surface area (TPSA) is 12.0 Å². The SMILES string of the molecule is C[C@H](NP(c1ccccc1)c1ccccc1)c1ccccc1P(c1ccccc1)c1ccccc1. The van der Waals surface area contributed by atoms with Gasteiger partial charge in [0.2, 0.25) is 0 Å². The van der Waals surface area contributed by atoms with Crippen LogP contribution in [0, 0.1) is 0 Å². The van der Waals surface area contributed by atoms with Crippen molar-refractivity contribution in [2.75, 3.05) is 0 Å². The van der Waals surface area contributed by atoms with E-state index in [0.717, 1.165) is 0 Å². The van der Waals surface area contributed by atoms with Crippen LogP contribution in [0.2, 0.25) is 0 Å². The van der Waals surface area contributed by atoms with Gasteiger partial charge in [-0.25, -0.2) is 0 Å². The summed E-state index contributed by atoms with van der Waals surface area (Å²) in [6, 6.07) is 52.8. The Morgan fingerprint density at radius 3 is 1.29 bits per heavy atom. The maximum absolute atomic E-state index is 4.04. The smallest absolute Gasteiger partial charge is 0.0340 e. The second kappa shape index (κ2) is 11.6. The van der Waals surface area contributed by atoms with Crippen LogP contribution in [-0.2, 0) is 0 Å². The van der Waals surface area contributed by atoms with E-state index in [1.807, 2.05) is 0 Å². The molecule has 0 aliphatic rings. The summed E-state index contributed by atoms with van der Waals surface area (Å²) >= 11 is 0. The molecule has 0 radical (unpaired) electrons. The minimum absolute atomic E-state index is 0.190. The Bertz CT molecular complexity index is 1250.